The normalized spacial score (nSPS) is 11.8. The van der Waals surface area contributed by atoms with Crippen LogP contribution in [0.5, 0.6) is 5.75 Å². The number of nitrogens with one attached hydrogen (secondary N) is 1. The monoisotopic (exact) mass is 374 g/mol. The Morgan fingerprint density at radius 1 is 1.36 bits per heavy atom. The van der Waals surface area contributed by atoms with Gasteiger partial charge in [-0.15, -0.1) is 12.4 Å². The second-order valence-corrected chi connectivity index (χ2v) is 5.39. The van der Waals surface area contributed by atoms with Crippen LogP contribution >= 0.6 is 12.4 Å². The Balaban J connectivity index is 0.00000312. The summed E-state index contributed by atoms with van der Waals surface area (Å²) in [4.78, 5) is 14.2. The molecule has 2 aromatic rings. The number of benzene rings is 1. The highest BCUT2D eigenvalue weighted by atomic mass is 35.5. The zero-order valence-electron chi connectivity index (χ0n) is 14.1. The van der Waals surface area contributed by atoms with Crippen LogP contribution in [-0.4, -0.2) is 41.3 Å². The minimum absolute atomic E-state index is 0. The van der Waals surface area contributed by atoms with Crippen molar-refractivity contribution in [3.8, 4) is 5.75 Å². The lowest BCUT2D eigenvalue weighted by atomic mass is 10.1. The number of aromatic nitrogens is 2. The van der Waals surface area contributed by atoms with E-state index >= 15 is 0 Å². The fourth-order valence-electron chi connectivity index (χ4n) is 2.37. The molecule has 1 atom stereocenters. The Morgan fingerprint density at radius 2 is 2.00 bits per heavy atom. The van der Waals surface area contributed by atoms with Crippen molar-refractivity contribution in [3.05, 3.63) is 47.8 Å². The molecule has 1 heterocycles. The molecule has 0 bridgehead atoms. The maximum absolute atomic E-state index is 12.6. The first-order chi connectivity index (χ1) is 11.4. The summed E-state index contributed by atoms with van der Waals surface area (Å²) in [7, 11) is 5.18. The molecule has 0 aliphatic carbocycles. The number of likely N-dealkylation sites (N-methyl/N-ethyl adjacent to an activating group) is 2. The first kappa shape index (κ1) is 20.9. The van der Waals surface area contributed by atoms with Crippen molar-refractivity contribution in [1.29, 1.82) is 0 Å². The fourth-order valence-corrected chi connectivity index (χ4v) is 2.37. The third-order valence-electron chi connectivity index (χ3n) is 3.54. The lowest BCUT2D eigenvalue weighted by molar-refractivity contribution is -0.132. The third kappa shape index (κ3) is 5.68. The highest BCUT2D eigenvalue weighted by Crippen LogP contribution is 2.18. The molecule has 9 heteroatoms. The standard InChI is InChI=1S/C16H20F2N4O2.ClH/c1-19-14(12-8-20-22(3)10-12)15(23)21(2)9-11-4-6-13(7-5-11)24-16(17)18;/h4-8,10,14,16,19H,9H2,1-3H3;1H. The molecule has 1 aromatic carbocycles. The number of aryl methyl sites for hydroxylation is 1. The first-order valence-electron chi connectivity index (χ1n) is 7.35. The van der Waals surface area contributed by atoms with Crippen LogP contribution in [0.1, 0.15) is 17.2 Å². The number of rotatable bonds is 7. The van der Waals surface area contributed by atoms with E-state index in [0.717, 1.165) is 11.1 Å². The molecule has 1 unspecified atom stereocenters. The summed E-state index contributed by atoms with van der Waals surface area (Å²) in [6.45, 7) is -2.50. The highest BCUT2D eigenvalue weighted by Gasteiger charge is 2.23. The number of ether oxygens (including phenoxy) is 1. The maximum Gasteiger partial charge on any atom is 0.387 e. The van der Waals surface area contributed by atoms with E-state index in [4.69, 9.17) is 0 Å². The van der Waals surface area contributed by atoms with Gasteiger partial charge in [0.2, 0.25) is 5.91 Å². The van der Waals surface area contributed by atoms with E-state index in [9.17, 15) is 13.6 Å². The van der Waals surface area contributed by atoms with Gasteiger partial charge in [0.1, 0.15) is 11.8 Å². The molecule has 0 radical (unpaired) electrons. The largest absolute Gasteiger partial charge is 0.435 e. The molecule has 138 valence electrons. The SMILES string of the molecule is CNC(C(=O)N(C)Cc1ccc(OC(F)F)cc1)c1cnn(C)c1.Cl. The van der Waals surface area contributed by atoms with E-state index in [1.54, 1.807) is 55.3 Å². The Labute approximate surface area is 151 Å². The van der Waals surface area contributed by atoms with Crippen molar-refractivity contribution in [2.24, 2.45) is 7.05 Å². The van der Waals surface area contributed by atoms with Gasteiger partial charge >= 0.3 is 6.61 Å². The summed E-state index contributed by atoms with van der Waals surface area (Å²) < 4.78 is 30.2. The van der Waals surface area contributed by atoms with Gasteiger partial charge in [-0.2, -0.15) is 13.9 Å². The molecule has 25 heavy (non-hydrogen) atoms. The summed E-state index contributed by atoms with van der Waals surface area (Å²) in [5.74, 6) is -0.0235. The number of alkyl halides is 2. The van der Waals surface area contributed by atoms with Crippen molar-refractivity contribution < 1.29 is 18.3 Å². The quantitative estimate of drug-likeness (QED) is 0.808. The molecule has 0 spiro atoms. The van der Waals surface area contributed by atoms with E-state index < -0.39 is 12.7 Å². The molecule has 2 rings (SSSR count). The topological polar surface area (TPSA) is 59.4 Å². The van der Waals surface area contributed by atoms with Gasteiger partial charge in [0.15, 0.2) is 0 Å². The van der Waals surface area contributed by atoms with Crippen LogP contribution in [0, 0.1) is 0 Å². The molecular weight excluding hydrogens is 354 g/mol. The maximum atomic E-state index is 12.6. The first-order valence-corrected chi connectivity index (χ1v) is 7.35. The molecule has 0 fully saturated rings. The lowest BCUT2D eigenvalue weighted by Gasteiger charge is -2.23. The van der Waals surface area contributed by atoms with Crippen molar-refractivity contribution in [2.75, 3.05) is 14.1 Å². The van der Waals surface area contributed by atoms with Crippen LogP contribution in [0.15, 0.2) is 36.7 Å². The highest BCUT2D eigenvalue weighted by molar-refractivity contribution is 5.85. The van der Waals surface area contributed by atoms with Crippen molar-refractivity contribution in [2.45, 2.75) is 19.2 Å². The van der Waals surface area contributed by atoms with Gasteiger partial charge in [-0.1, -0.05) is 12.1 Å². The van der Waals surface area contributed by atoms with Gasteiger partial charge in [-0.3, -0.25) is 9.48 Å². The molecule has 0 saturated heterocycles. The Kier molecular flexibility index (Phi) is 7.79. The molecule has 1 amide bonds. The smallest absolute Gasteiger partial charge is 0.387 e. The van der Waals surface area contributed by atoms with Crippen LogP contribution in [0.2, 0.25) is 0 Å². The van der Waals surface area contributed by atoms with Crippen molar-refractivity contribution >= 4 is 18.3 Å². The zero-order chi connectivity index (χ0) is 17.7. The Bertz CT molecular complexity index is 679. The average molecular weight is 375 g/mol. The van der Waals surface area contributed by atoms with Crippen LogP contribution in [-0.2, 0) is 18.4 Å². The molecule has 1 N–H and O–H groups in total. The molecule has 6 nitrogen and oxygen atoms in total. The second-order valence-electron chi connectivity index (χ2n) is 5.39. The molecule has 0 aliphatic heterocycles. The summed E-state index contributed by atoms with van der Waals surface area (Å²) in [5.41, 5.74) is 1.59. The second kappa shape index (κ2) is 9.33. The number of nitrogens with zero attached hydrogens (tertiary/aromatic N) is 3. The van der Waals surface area contributed by atoms with Crippen LogP contribution in [0.4, 0.5) is 8.78 Å². The number of halogens is 3. The molecule has 0 aliphatic rings. The van der Waals surface area contributed by atoms with Crippen molar-refractivity contribution in [1.82, 2.24) is 20.0 Å². The van der Waals surface area contributed by atoms with Crippen molar-refractivity contribution in [3.63, 3.8) is 0 Å². The van der Waals surface area contributed by atoms with Gasteiger partial charge in [-0.05, 0) is 24.7 Å². The fraction of sp³-hybridized carbons (Fsp3) is 0.375. The summed E-state index contributed by atoms with van der Waals surface area (Å²) in [6.07, 6.45) is 3.42. The zero-order valence-corrected chi connectivity index (χ0v) is 15.0. The van der Waals surface area contributed by atoms with E-state index in [-0.39, 0.29) is 24.1 Å². The number of hydrogen-bond donors (Lipinski definition) is 1. The molecule has 0 saturated carbocycles. The van der Waals surface area contributed by atoms with Gasteiger partial charge in [0.25, 0.3) is 0 Å². The van der Waals surface area contributed by atoms with Gasteiger partial charge in [0.05, 0.1) is 6.20 Å². The predicted octanol–water partition coefficient (Wildman–Crippen LogP) is 2.36. The minimum atomic E-state index is -2.85. The van der Waals surface area contributed by atoms with Crippen LogP contribution < -0.4 is 10.1 Å². The van der Waals surface area contributed by atoms with E-state index in [1.807, 2.05) is 0 Å². The van der Waals surface area contributed by atoms with Gasteiger partial charge in [-0.25, -0.2) is 0 Å². The van der Waals surface area contributed by atoms with Crippen LogP contribution in [0.3, 0.4) is 0 Å². The average Bonchev–Trinajstić information content (AvgIpc) is 2.95. The number of carbonyl (C=O) groups is 1. The summed E-state index contributed by atoms with van der Waals surface area (Å²) in [5, 5.41) is 7.06. The predicted molar refractivity (Wildman–Crippen MR) is 91.8 cm³/mol. The minimum Gasteiger partial charge on any atom is -0.435 e. The van der Waals surface area contributed by atoms with E-state index in [1.165, 1.54) is 12.1 Å². The van der Waals surface area contributed by atoms with Gasteiger partial charge < -0.3 is 15.0 Å². The molecule has 1 aromatic heterocycles. The van der Waals surface area contributed by atoms with Crippen LogP contribution in [0.25, 0.3) is 0 Å². The summed E-state index contributed by atoms with van der Waals surface area (Å²) in [6, 6.07) is 5.72. The number of hydrogen-bond acceptors (Lipinski definition) is 4. The third-order valence-corrected chi connectivity index (χ3v) is 3.54. The summed E-state index contributed by atoms with van der Waals surface area (Å²) >= 11 is 0. The van der Waals surface area contributed by atoms with Gasteiger partial charge in [0, 0.05) is 32.4 Å². The van der Waals surface area contributed by atoms with E-state index in [0.29, 0.717) is 6.54 Å². The Hall–Kier alpha value is -2.19. The number of amides is 1. The number of carbonyl (C=O) groups excluding carboxylic acids is 1. The Morgan fingerprint density at radius 3 is 2.48 bits per heavy atom. The lowest BCUT2D eigenvalue weighted by Crippen LogP contribution is -2.37. The molecular formula is C16H21ClF2N4O2. The van der Waals surface area contributed by atoms with E-state index in [2.05, 4.69) is 15.2 Å².